The molecule has 8 aromatic carbocycles. The molecule has 2 heterocycles. The van der Waals surface area contributed by atoms with Crippen LogP contribution in [0.5, 0.6) is 0 Å². The van der Waals surface area contributed by atoms with Crippen LogP contribution in [0.2, 0.25) is 0 Å². The molecule has 318 valence electrons. The van der Waals surface area contributed by atoms with E-state index in [9.17, 15) is 10.4 Å². The van der Waals surface area contributed by atoms with Crippen LogP contribution < -0.4 is 0 Å². The van der Waals surface area contributed by atoms with Crippen molar-refractivity contribution < 1.29 is 5.11 Å². The van der Waals surface area contributed by atoms with Gasteiger partial charge in [0.2, 0.25) is 0 Å². The number of aliphatic hydroxyl groups excluding tert-OH is 1. The molecule has 4 bridgehead atoms. The molecule has 3 nitrogen and oxygen atoms in total. The van der Waals surface area contributed by atoms with Gasteiger partial charge in [0.1, 0.15) is 0 Å². The van der Waals surface area contributed by atoms with E-state index in [0.29, 0.717) is 5.92 Å². The molecular weight excluding hydrogens is 801 g/mol. The van der Waals surface area contributed by atoms with E-state index in [4.69, 9.17) is 0 Å². The highest BCUT2D eigenvalue weighted by atomic mass is 16.3. The number of nitriles is 1. The summed E-state index contributed by atoms with van der Waals surface area (Å²) < 4.78 is 2.50. The summed E-state index contributed by atoms with van der Waals surface area (Å²) in [5.41, 5.74) is 18.2. The summed E-state index contributed by atoms with van der Waals surface area (Å²) in [6.07, 6.45) is 3.63. The highest BCUT2D eigenvalue weighted by Crippen LogP contribution is 2.63. The molecule has 0 spiro atoms. The average Bonchev–Trinajstić information content (AvgIpc) is 3.82. The zero-order valence-corrected chi connectivity index (χ0v) is 37.6. The highest BCUT2D eigenvalue weighted by molar-refractivity contribution is 6.25. The Morgan fingerprint density at radius 3 is 1.58 bits per heavy atom. The first kappa shape index (κ1) is 38.3. The van der Waals surface area contributed by atoms with Crippen molar-refractivity contribution in [3.05, 3.63) is 242 Å². The Hall–Kier alpha value is -6.99. The fourth-order valence-electron chi connectivity index (χ4n) is 14.6. The molecule has 1 saturated carbocycles. The van der Waals surface area contributed by atoms with E-state index in [2.05, 4.69) is 201 Å². The topological polar surface area (TPSA) is 48.4 Å². The molecule has 6 aliphatic carbocycles. The molecule has 3 heteroatoms. The van der Waals surface area contributed by atoms with Crippen molar-refractivity contribution in [2.75, 3.05) is 0 Å². The molecule has 0 aliphatic heterocycles. The SMILES string of the molecule is CC(C)C12CCC(C)(CC1)c1cc3c4cc(C(c5ccccc5)(c5ccccc5)c5ccccc5)cc5c6c7c(c(C#N)cc6n(c3cc1C2O)c45)C1c2ccccc2C7c2ccccc21. The zero-order chi connectivity index (χ0) is 44.3. The molecule has 0 radical (unpaired) electrons. The Morgan fingerprint density at radius 1 is 0.561 bits per heavy atom. The van der Waals surface area contributed by atoms with Crippen LogP contribution in [-0.2, 0) is 10.8 Å². The van der Waals surface area contributed by atoms with E-state index in [1.165, 1.54) is 82.7 Å². The first-order chi connectivity index (χ1) is 32.3. The third kappa shape index (κ3) is 4.61. The van der Waals surface area contributed by atoms with Crippen LogP contribution in [0, 0.1) is 22.7 Å². The van der Waals surface area contributed by atoms with Crippen LogP contribution >= 0.6 is 0 Å². The van der Waals surface area contributed by atoms with Gasteiger partial charge in [-0.2, -0.15) is 5.26 Å². The van der Waals surface area contributed by atoms with Gasteiger partial charge < -0.3 is 9.51 Å². The van der Waals surface area contributed by atoms with Gasteiger partial charge in [-0.3, -0.25) is 0 Å². The molecule has 16 rings (SSSR count). The predicted molar refractivity (Wildman–Crippen MR) is 267 cm³/mol. The van der Waals surface area contributed by atoms with Crippen LogP contribution in [0.4, 0.5) is 0 Å². The number of benzene rings is 8. The Labute approximate surface area is 385 Å². The molecule has 6 aliphatic rings. The van der Waals surface area contributed by atoms with Crippen molar-refractivity contribution in [1.82, 2.24) is 4.40 Å². The molecule has 2 aromatic heterocycles. The van der Waals surface area contributed by atoms with Gasteiger partial charge in [0, 0.05) is 38.8 Å². The second-order valence-electron chi connectivity index (χ2n) is 20.8. The molecular formula is C63H50N2O. The fourth-order valence-corrected chi connectivity index (χ4v) is 14.6. The molecule has 1 unspecified atom stereocenters. The van der Waals surface area contributed by atoms with Crippen molar-refractivity contribution in [2.45, 2.75) is 75.2 Å². The average molecular weight is 851 g/mol. The number of nitrogens with zero attached hydrogens (tertiary/aromatic N) is 2. The van der Waals surface area contributed by atoms with Gasteiger partial charge in [-0.1, -0.05) is 160 Å². The van der Waals surface area contributed by atoms with E-state index < -0.39 is 11.5 Å². The van der Waals surface area contributed by atoms with Gasteiger partial charge >= 0.3 is 0 Å². The van der Waals surface area contributed by atoms with Crippen molar-refractivity contribution >= 4 is 38.1 Å². The third-order valence-electron chi connectivity index (χ3n) is 17.8. The second-order valence-corrected chi connectivity index (χ2v) is 20.8. The Kier molecular flexibility index (Phi) is 7.72. The maximum Gasteiger partial charge on any atom is 0.0995 e. The minimum absolute atomic E-state index is 0.0317. The van der Waals surface area contributed by atoms with Crippen molar-refractivity contribution in [2.24, 2.45) is 11.3 Å². The van der Waals surface area contributed by atoms with Crippen molar-refractivity contribution in [3.63, 3.8) is 0 Å². The minimum atomic E-state index is -0.674. The molecule has 66 heavy (non-hydrogen) atoms. The van der Waals surface area contributed by atoms with Gasteiger partial charge in [-0.15, -0.1) is 0 Å². The number of rotatable bonds is 5. The second kappa shape index (κ2) is 13.3. The standard InChI is InChI=1S/C63H50N2O/c1-37(2)62-29-27-61(3,28-30-62)51-34-47-48-32-42(63(39-17-7-4-8-18-39,40-19-9-5-10-20-40)41-21-11-6-12-22-41)33-50-57-53(65(59(48)50)52(47)35-49(51)60(62)66)31-38(36-64)54-55-43-23-13-15-25-45(43)56(58(54)57)46-26-16-14-24-44(46)55/h4-26,31-35,37,55-56,60,66H,27-30H2,1-3H3. The summed E-state index contributed by atoms with van der Waals surface area (Å²) in [7, 11) is 0. The van der Waals surface area contributed by atoms with Crippen LogP contribution in [-0.4, -0.2) is 9.51 Å². The Balaban J connectivity index is 1.20. The van der Waals surface area contributed by atoms with E-state index in [1.54, 1.807) is 0 Å². The van der Waals surface area contributed by atoms with Crippen LogP contribution in [0.15, 0.2) is 170 Å². The van der Waals surface area contributed by atoms with E-state index >= 15 is 0 Å². The number of aliphatic hydroxyl groups is 1. The fraction of sp³-hybridized carbons (Fsp3) is 0.222. The van der Waals surface area contributed by atoms with Gasteiger partial charge in [0.05, 0.1) is 39.7 Å². The molecule has 10 aromatic rings. The Morgan fingerprint density at radius 2 is 1.06 bits per heavy atom. The Bertz CT molecular complexity index is 3530. The monoisotopic (exact) mass is 850 g/mol. The van der Waals surface area contributed by atoms with E-state index in [-0.39, 0.29) is 22.7 Å². The minimum Gasteiger partial charge on any atom is -0.388 e. The number of hydrogen-bond acceptors (Lipinski definition) is 2. The number of hydrogen-bond donors (Lipinski definition) is 1. The summed E-state index contributed by atoms with van der Waals surface area (Å²) in [5, 5.41) is 29.1. The van der Waals surface area contributed by atoms with E-state index in [1.807, 2.05) is 0 Å². The maximum atomic E-state index is 12.8. The lowest BCUT2D eigenvalue weighted by atomic mass is 9.59. The summed E-state index contributed by atoms with van der Waals surface area (Å²) in [6, 6.07) is 66.2. The molecule has 1 fully saturated rings. The number of aromatic nitrogens is 1. The summed E-state index contributed by atoms with van der Waals surface area (Å²) in [4.78, 5) is 0. The number of fused-ring (bicyclic) bond motifs is 8. The third-order valence-corrected chi connectivity index (χ3v) is 17.8. The molecule has 0 saturated heterocycles. The smallest absolute Gasteiger partial charge is 0.0995 e. The van der Waals surface area contributed by atoms with Gasteiger partial charge in [0.25, 0.3) is 0 Å². The summed E-state index contributed by atoms with van der Waals surface area (Å²) >= 11 is 0. The lowest BCUT2D eigenvalue weighted by molar-refractivity contribution is -0.0423. The van der Waals surface area contributed by atoms with E-state index in [0.717, 1.165) is 53.4 Å². The molecule has 1 atom stereocenters. The largest absolute Gasteiger partial charge is 0.388 e. The van der Waals surface area contributed by atoms with Gasteiger partial charge in [-0.05, 0) is 134 Å². The normalized spacial score (nSPS) is 22.7. The van der Waals surface area contributed by atoms with Crippen molar-refractivity contribution in [3.8, 4) is 6.07 Å². The molecule has 1 N–H and O–H groups in total. The van der Waals surface area contributed by atoms with Crippen LogP contribution in [0.1, 0.15) is 137 Å². The summed E-state index contributed by atoms with van der Waals surface area (Å²) in [6.45, 7) is 7.10. The molecule has 0 amide bonds. The van der Waals surface area contributed by atoms with Crippen LogP contribution in [0.3, 0.4) is 0 Å². The van der Waals surface area contributed by atoms with Gasteiger partial charge in [-0.25, -0.2) is 0 Å². The first-order valence-electron chi connectivity index (χ1n) is 24.1. The highest BCUT2D eigenvalue weighted by Gasteiger charge is 2.53. The lowest BCUT2D eigenvalue weighted by Crippen LogP contribution is -2.38. The van der Waals surface area contributed by atoms with Crippen molar-refractivity contribution in [1.29, 1.82) is 5.26 Å². The summed E-state index contributed by atoms with van der Waals surface area (Å²) in [5.74, 6) is 0.276. The lowest BCUT2D eigenvalue weighted by Gasteiger charge is -2.46. The first-order valence-corrected chi connectivity index (χ1v) is 24.1. The van der Waals surface area contributed by atoms with Crippen LogP contribution in [0.25, 0.3) is 38.1 Å². The predicted octanol–water partition coefficient (Wildman–Crippen LogP) is 14.6. The quantitative estimate of drug-likeness (QED) is 0.175. The maximum absolute atomic E-state index is 12.8. The zero-order valence-electron chi connectivity index (χ0n) is 37.6. The van der Waals surface area contributed by atoms with Gasteiger partial charge in [0.15, 0.2) is 0 Å².